The number of amides is 2. The third-order valence-corrected chi connectivity index (χ3v) is 5.98. The molecule has 238 valence electrons. The van der Waals surface area contributed by atoms with E-state index in [9.17, 15) is 62.3 Å². The van der Waals surface area contributed by atoms with Crippen LogP contribution in [0.25, 0.3) is 0 Å². The maximum atomic E-state index is 14.2. The van der Waals surface area contributed by atoms with E-state index in [1.807, 2.05) is 0 Å². The highest BCUT2D eigenvalue weighted by atomic mass is 19.4. The molecule has 6 nitrogen and oxygen atoms in total. The average Bonchev–Trinajstić information content (AvgIpc) is 2.81. The van der Waals surface area contributed by atoms with Gasteiger partial charge in [0.2, 0.25) is 0 Å². The molecule has 0 rings (SSSR count). The van der Waals surface area contributed by atoms with Crippen LogP contribution >= 0.6 is 0 Å². The largest absolute Gasteiger partial charge is 0.465 e. The van der Waals surface area contributed by atoms with Crippen LogP contribution in [0.5, 0.6) is 0 Å². The first-order valence-corrected chi connectivity index (χ1v) is 12.2. The molecule has 0 aromatic heterocycles. The van der Waals surface area contributed by atoms with Gasteiger partial charge in [-0.25, -0.2) is 9.59 Å². The van der Waals surface area contributed by atoms with Gasteiger partial charge in [0.15, 0.2) is 0 Å². The predicted molar refractivity (Wildman–Crippen MR) is 117 cm³/mol. The fraction of sp³-hybridized carbons (Fsp3) is 0.909. The molecule has 0 aliphatic rings. The number of halogens is 12. The maximum absolute atomic E-state index is 14.2. The smallest absolute Gasteiger partial charge is 0.407 e. The van der Waals surface area contributed by atoms with Crippen molar-refractivity contribution < 1.29 is 72.5 Å². The highest BCUT2D eigenvalue weighted by Crippen LogP contribution is 2.60. The number of carbonyl (C=O) groups is 2. The van der Waals surface area contributed by atoms with Crippen molar-refractivity contribution in [1.29, 1.82) is 0 Å². The van der Waals surface area contributed by atoms with Gasteiger partial charge in [0, 0.05) is 13.1 Å². The number of hydrogen-bond donors (Lipinski definition) is 2. The Morgan fingerprint density at radius 1 is 0.500 bits per heavy atom. The van der Waals surface area contributed by atoms with E-state index in [1.165, 1.54) is 0 Å². The molecule has 0 aliphatic carbocycles. The summed E-state index contributed by atoms with van der Waals surface area (Å²) < 4.78 is 171. The zero-order valence-corrected chi connectivity index (χ0v) is 21.6. The fourth-order valence-electron chi connectivity index (χ4n) is 3.48. The maximum Gasteiger partial charge on any atom is 0.407 e. The molecular formula is C22H32F12N2O4. The lowest BCUT2D eigenvalue weighted by molar-refractivity contribution is -0.425. The van der Waals surface area contributed by atoms with E-state index < -0.39 is 83.7 Å². The lowest BCUT2D eigenvalue weighted by atomic mass is 9.91. The van der Waals surface area contributed by atoms with Gasteiger partial charge in [0.1, 0.15) is 0 Å². The van der Waals surface area contributed by atoms with Gasteiger partial charge in [-0.2, -0.15) is 52.7 Å². The van der Waals surface area contributed by atoms with E-state index in [0.29, 0.717) is 25.7 Å². The molecule has 0 radical (unpaired) electrons. The van der Waals surface area contributed by atoms with E-state index in [0.717, 1.165) is 0 Å². The Morgan fingerprint density at radius 3 is 1.00 bits per heavy atom. The first-order chi connectivity index (χ1) is 18.0. The first-order valence-electron chi connectivity index (χ1n) is 12.2. The molecule has 40 heavy (non-hydrogen) atoms. The van der Waals surface area contributed by atoms with Crippen LogP contribution in [0.2, 0.25) is 0 Å². The van der Waals surface area contributed by atoms with Gasteiger partial charge in [0.25, 0.3) is 0 Å². The second kappa shape index (κ2) is 14.0. The highest BCUT2D eigenvalue weighted by molar-refractivity contribution is 5.65. The molecule has 2 N–H and O–H groups in total. The van der Waals surface area contributed by atoms with E-state index in [4.69, 9.17) is 10.2 Å². The van der Waals surface area contributed by atoms with Crippen molar-refractivity contribution in [2.75, 3.05) is 26.2 Å². The Morgan fingerprint density at radius 2 is 0.775 bits per heavy atom. The van der Waals surface area contributed by atoms with Gasteiger partial charge < -0.3 is 20.0 Å². The van der Waals surface area contributed by atoms with Crippen molar-refractivity contribution in [3.63, 3.8) is 0 Å². The van der Waals surface area contributed by atoms with Gasteiger partial charge >= 0.3 is 47.7 Å². The van der Waals surface area contributed by atoms with Crippen LogP contribution in [0.3, 0.4) is 0 Å². The van der Waals surface area contributed by atoms with Crippen LogP contribution in [0.1, 0.15) is 65.2 Å². The van der Waals surface area contributed by atoms with Gasteiger partial charge in [-0.1, -0.05) is 52.4 Å². The normalized spacial score (nSPS) is 13.8. The lowest BCUT2D eigenvalue weighted by Gasteiger charge is -2.42. The first kappa shape index (κ1) is 37.7. The Hall–Kier alpha value is -2.30. The van der Waals surface area contributed by atoms with Crippen molar-refractivity contribution in [1.82, 2.24) is 9.80 Å². The van der Waals surface area contributed by atoms with Gasteiger partial charge in [-0.3, -0.25) is 0 Å². The molecule has 2 amide bonds. The van der Waals surface area contributed by atoms with E-state index in [-0.39, 0.29) is 25.7 Å². The molecule has 0 aliphatic heterocycles. The third kappa shape index (κ3) is 8.13. The minimum absolute atomic E-state index is 0.170. The van der Waals surface area contributed by atoms with E-state index in [1.54, 1.807) is 13.8 Å². The van der Waals surface area contributed by atoms with Crippen LogP contribution in [0.15, 0.2) is 0 Å². The molecule has 0 aromatic carbocycles. The van der Waals surface area contributed by atoms with Crippen LogP contribution in [-0.4, -0.2) is 93.9 Å². The number of carboxylic acid groups (broad SMARTS) is 2. The van der Waals surface area contributed by atoms with Crippen molar-refractivity contribution in [3.8, 4) is 0 Å². The second-order valence-corrected chi connectivity index (χ2v) is 9.24. The summed E-state index contributed by atoms with van der Waals surface area (Å²) in [4.78, 5) is 21.2. The lowest BCUT2D eigenvalue weighted by Crippen LogP contribution is -2.72. The summed E-state index contributed by atoms with van der Waals surface area (Å²) in [6, 6.07) is 0. The zero-order valence-electron chi connectivity index (χ0n) is 21.6. The minimum Gasteiger partial charge on any atom is -0.465 e. The second-order valence-electron chi connectivity index (χ2n) is 9.24. The predicted octanol–water partition coefficient (Wildman–Crippen LogP) is 7.92. The van der Waals surface area contributed by atoms with Crippen LogP contribution in [-0.2, 0) is 0 Å². The van der Waals surface area contributed by atoms with Crippen molar-refractivity contribution in [2.24, 2.45) is 0 Å². The van der Waals surface area contributed by atoms with Crippen LogP contribution in [0, 0.1) is 0 Å². The fourth-order valence-corrected chi connectivity index (χ4v) is 3.48. The molecular weight excluding hydrogens is 584 g/mol. The SMILES string of the molecule is CCCCCCN(CC(F)(F)C(F)(F)C(F)(F)C(F)(F)C(F)(F)C(F)(F)CN(CCCCCC)C(=O)O)C(=O)O. The summed E-state index contributed by atoms with van der Waals surface area (Å²) in [5.41, 5.74) is 0. The molecule has 0 saturated carbocycles. The number of nitrogens with zero attached hydrogens (tertiary/aromatic N) is 2. The highest BCUT2D eigenvalue weighted by Gasteiger charge is 2.90. The average molecular weight is 616 g/mol. The minimum atomic E-state index is -7.88. The number of alkyl halides is 12. The van der Waals surface area contributed by atoms with Gasteiger partial charge in [-0.05, 0) is 12.8 Å². The molecule has 0 spiro atoms. The monoisotopic (exact) mass is 616 g/mol. The summed E-state index contributed by atoms with van der Waals surface area (Å²) >= 11 is 0. The van der Waals surface area contributed by atoms with Crippen LogP contribution < -0.4 is 0 Å². The zero-order chi connectivity index (χ0) is 31.8. The summed E-state index contributed by atoms with van der Waals surface area (Å²) in [6.07, 6.45) is -2.91. The Balaban J connectivity index is 6.18. The molecule has 0 atom stereocenters. The molecule has 0 saturated heterocycles. The summed E-state index contributed by atoms with van der Waals surface area (Å²) in [5, 5.41) is 17.8. The molecule has 0 unspecified atom stereocenters. The van der Waals surface area contributed by atoms with E-state index >= 15 is 0 Å². The number of rotatable bonds is 19. The Bertz CT molecular complexity index is 762. The quantitative estimate of drug-likeness (QED) is 0.114. The van der Waals surface area contributed by atoms with Gasteiger partial charge in [0.05, 0.1) is 13.1 Å². The molecule has 0 heterocycles. The van der Waals surface area contributed by atoms with Crippen molar-refractivity contribution in [3.05, 3.63) is 0 Å². The standard InChI is InChI=1S/C22H32F12N2O4/c1-3-5-7-9-11-35(15(37)38)13-17(23,24)19(27,28)21(31,32)22(33,34)20(29,30)18(25,26)14-36(16(39)40)12-10-8-6-4-2/h3-14H2,1-2H3,(H,37,38)(H,39,40). The topological polar surface area (TPSA) is 81.1 Å². The van der Waals surface area contributed by atoms with Gasteiger partial charge in [-0.15, -0.1) is 0 Å². The third-order valence-electron chi connectivity index (χ3n) is 5.98. The number of hydrogen-bond acceptors (Lipinski definition) is 2. The Labute approximate surface area is 222 Å². The summed E-state index contributed by atoms with van der Waals surface area (Å²) in [6.45, 7) is -4.23. The molecule has 0 fully saturated rings. The van der Waals surface area contributed by atoms with E-state index in [2.05, 4.69) is 0 Å². The summed E-state index contributed by atoms with van der Waals surface area (Å²) in [7, 11) is 0. The van der Waals surface area contributed by atoms with Crippen molar-refractivity contribution >= 4 is 12.2 Å². The summed E-state index contributed by atoms with van der Waals surface area (Å²) in [5.74, 6) is -43.6. The molecule has 0 aromatic rings. The number of unbranched alkanes of at least 4 members (excludes halogenated alkanes) is 6. The van der Waals surface area contributed by atoms with Crippen molar-refractivity contribution in [2.45, 2.75) is 101 Å². The van der Waals surface area contributed by atoms with Crippen LogP contribution in [0.4, 0.5) is 62.3 Å². The Kier molecular flexibility index (Phi) is 13.2. The molecule has 18 heteroatoms. The molecule has 0 bridgehead atoms.